The molecule has 1 unspecified atom stereocenters. The summed E-state index contributed by atoms with van der Waals surface area (Å²) in [6.45, 7) is 3.14. The number of carbonyl (C=O) groups excluding carboxylic acids is 2. The summed E-state index contributed by atoms with van der Waals surface area (Å²) in [5, 5.41) is 17.4. The maximum Gasteiger partial charge on any atom is 0.246 e. The minimum Gasteiger partial charge on any atom is -0.494 e. The third kappa shape index (κ3) is 4.98. The van der Waals surface area contributed by atoms with Gasteiger partial charge in [-0.2, -0.15) is 5.26 Å². The molecule has 1 atom stereocenters. The van der Waals surface area contributed by atoms with Gasteiger partial charge in [0.1, 0.15) is 11.8 Å². The molecule has 0 radical (unpaired) electrons. The number of ether oxygens (including phenoxy) is 1. The maximum absolute atomic E-state index is 12.3. The molecule has 0 aromatic heterocycles. The summed E-state index contributed by atoms with van der Waals surface area (Å²) in [6, 6.07) is 13.3. The first-order valence-corrected chi connectivity index (χ1v) is 7.96. The van der Waals surface area contributed by atoms with Crippen molar-refractivity contribution in [3.8, 4) is 11.8 Å². The van der Waals surface area contributed by atoms with Crippen molar-refractivity contribution in [2.75, 3.05) is 23.1 Å². The molecule has 2 rings (SSSR count). The molecule has 2 aromatic carbocycles. The van der Waals surface area contributed by atoms with Gasteiger partial charge >= 0.3 is 0 Å². The summed E-state index contributed by atoms with van der Waals surface area (Å²) < 4.78 is 5.26. The van der Waals surface area contributed by atoms with Gasteiger partial charge in [0, 0.05) is 24.4 Å². The van der Waals surface area contributed by atoms with Crippen molar-refractivity contribution in [2.24, 2.45) is 0 Å². The highest BCUT2D eigenvalue weighted by Crippen LogP contribution is 2.28. The fourth-order valence-corrected chi connectivity index (χ4v) is 2.31. The smallest absolute Gasteiger partial charge is 0.246 e. The van der Waals surface area contributed by atoms with Gasteiger partial charge in [0.05, 0.1) is 24.4 Å². The maximum atomic E-state index is 12.3. The van der Waals surface area contributed by atoms with Crippen LogP contribution in [-0.2, 0) is 9.59 Å². The molecule has 7 heteroatoms. The Hall–Kier alpha value is -3.53. The van der Waals surface area contributed by atoms with Crippen LogP contribution < -0.4 is 20.7 Å². The van der Waals surface area contributed by atoms with Crippen LogP contribution in [0.25, 0.3) is 0 Å². The van der Waals surface area contributed by atoms with Crippen molar-refractivity contribution < 1.29 is 14.3 Å². The first-order valence-electron chi connectivity index (χ1n) is 7.96. The van der Waals surface area contributed by atoms with Gasteiger partial charge in [-0.15, -0.1) is 0 Å². The molecular formula is C19H20N4O3. The second kappa shape index (κ2) is 8.53. The average molecular weight is 352 g/mol. The molecule has 0 spiro atoms. The number of benzene rings is 2. The monoisotopic (exact) mass is 352 g/mol. The number of nitrogens with zero attached hydrogens (tertiary/aromatic N) is 1. The van der Waals surface area contributed by atoms with E-state index < -0.39 is 6.04 Å². The Bertz CT molecular complexity index is 858. The van der Waals surface area contributed by atoms with Gasteiger partial charge in [0.2, 0.25) is 11.8 Å². The number of nitrogens with one attached hydrogen (secondary N) is 3. The standard InChI is InChI=1S/C19H20N4O3/c1-12(19(25)23-15-6-4-5-14(9-15)11-20)21-16-7-8-17(22-13(2)24)18(10-16)26-3/h4-10,12,21H,1-3H3,(H,22,24)(H,23,25). The van der Waals surface area contributed by atoms with E-state index in [-0.39, 0.29) is 11.8 Å². The molecule has 0 heterocycles. The van der Waals surface area contributed by atoms with Crippen LogP contribution in [0.4, 0.5) is 17.1 Å². The predicted octanol–water partition coefficient (Wildman–Crippen LogP) is 2.96. The molecular weight excluding hydrogens is 332 g/mol. The van der Waals surface area contributed by atoms with Gasteiger partial charge in [-0.3, -0.25) is 9.59 Å². The molecule has 0 aliphatic rings. The van der Waals surface area contributed by atoms with E-state index in [1.807, 2.05) is 6.07 Å². The van der Waals surface area contributed by atoms with Crippen LogP contribution >= 0.6 is 0 Å². The lowest BCUT2D eigenvalue weighted by atomic mass is 10.2. The molecule has 2 amide bonds. The van der Waals surface area contributed by atoms with Gasteiger partial charge in [-0.25, -0.2) is 0 Å². The van der Waals surface area contributed by atoms with Gasteiger partial charge in [-0.05, 0) is 37.3 Å². The van der Waals surface area contributed by atoms with E-state index in [1.165, 1.54) is 14.0 Å². The second-order valence-corrected chi connectivity index (χ2v) is 5.64. The van der Waals surface area contributed by atoms with Crippen molar-refractivity contribution >= 4 is 28.9 Å². The van der Waals surface area contributed by atoms with Crippen LogP contribution in [0.15, 0.2) is 42.5 Å². The van der Waals surface area contributed by atoms with E-state index in [1.54, 1.807) is 49.4 Å². The summed E-state index contributed by atoms with van der Waals surface area (Å²) in [5.41, 5.74) is 2.25. The number of amides is 2. The minimum absolute atomic E-state index is 0.198. The highest BCUT2D eigenvalue weighted by Gasteiger charge is 2.14. The molecule has 0 bridgehead atoms. The largest absolute Gasteiger partial charge is 0.494 e. The molecule has 26 heavy (non-hydrogen) atoms. The lowest BCUT2D eigenvalue weighted by Crippen LogP contribution is -2.31. The van der Waals surface area contributed by atoms with E-state index in [4.69, 9.17) is 10.00 Å². The second-order valence-electron chi connectivity index (χ2n) is 5.64. The van der Waals surface area contributed by atoms with Crippen LogP contribution in [0.2, 0.25) is 0 Å². The fraction of sp³-hybridized carbons (Fsp3) is 0.211. The summed E-state index contributed by atoms with van der Waals surface area (Å²) >= 11 is 0. The highest BCUT2D eigenvalue weighted by atomic mass is 16.5. The number of hydrogen-bond donors (Lipinski definition) is 3. The van der Waals surface area contributed by atoms with Crippen LogP contribution in [0, 0.1) is 11.3 Å². The Morgan fingerprint density at radius 1 is 1.12 bits per heavy atom. The summed E-state index contributed by atoms with van der Waals surface area (Å²) in [5.74, 6) is 0.0425. The number of carbonyl (C=O) groups is 2. The van der Waals surface area contributed by atoms with Crippen LogP contribution in [0.1, 0.15) is 19.4 Å². The quantitative estimate of drug-likeness (QED) is 0.741. The van der Waals surface area contributed by atoms with Crippen molar-refractivity contribution in [3.63, 3.8) is 0 Å². The third-order valence-corrected chi connectivity index (χ3v) is 3.55. The lowest BCUT2D eigenvalue weighted by molar-refractivity contribution is -0.116. The molecule has 0 fully saturated rings. The first-order chi connectivity index (χ1) is 12.4. The topological polar surface area (TPSA) is 103 Å². The van der Waals surface area contributed by atoms with Crippen LogP contribution in [-0.4, -0.2) is 25.0 Å². The summed E-state index contributed by atoms with van der Waals surface area (Å²) in [6.07, 6.45) is 0. The first kappa shape index (κ1) is 18.8. The predicted molar refractivity (Wildman–Crippen MR) is 100 cm³/mol. The van der Waals surface area contributed by atoms with Gasteiger partial charge in [-0.1, -0.05) is 6.07 Å². The average Bonchev–Trinajstić information content (AvgIpc) is 2.62. The fourth-order valence-electron chi connectivity index (χ4n) is 2.31. The zero-order chi connectivity index (χ0) is 19.1. The summed E-state index contributed by atoms with van der Waals surface area (Å²) in [7, 11) is 1.50. The number of anilines is 3. The molecule has 0 saturated heterocycles. The normalized spacial score (nSPS) is 11.0. The van der Waals surface area contributed by atoms with Crippen LogP contribution in [0.5, 0.6) is 5.75 Å². The molecule has 2 aromatic rings. The van der Waals surface area contributed by atoms with Crippen molar-refractivity contribution in [1.29, 1.82) is 5.26 Å². The van der Waals surface area contributed by atoms with Gasteiger partial charge in [0.15, 0.2) is 0 Å². The molecule has 134 valence electrons. The molecule has 0 aliphatic carbocycles. The van der Waals surface area contributed by atoms with E-state index in [0.717, 1.165) is 0 Å². The van der Waals surface area contributed by atoms with E-state index in [0.29, 0.717) is 28.4 Å². The van der Waals surface area contributed by atoms with E-state index >= 15 is 0 Å². The minimum atomic E-state index is -0.530. The molecule has 0 saturated carbocycles. The van der Waals surface area contributed by atoms with Gasteiger partial charge in [0.25, 0.3) is 0 Å². The lowest BCUT2D eigenvalue weighted by Gasteiger charge is -2.17. The Balaban J connectivity index is 2.06. The third-order valence-electron chi connectivity index (χ3n) is 3.55. The van der Waals surface area contributed by atoms with Crippen molar-refractivity contribution in [3.05, 3.63) is 48.0 Å². The zero-order valence-electron chi connectivity index (χ0n) is 14.8. The Morgan fingerprint density at radius 2 is 1.88 bits per heavy atom. The SMILES string of the molecule is COc1cc(NC(C)C(=O)Nc2cccc(C#N)c2)ccc1NC(C)=O. The van der Waals surface area contributed by atoms with E-state index in [2.05, 4.69) is 16.0 Å². The molecule has 0 aliphatic heterocycles. The van der Waals surface area contributed by atoms with Gasteiger partial charge < -0.3 is 20.7 Å². The number of hydrogen-bond acceptors (Lipinski definition) is 5. The number of methoxy groups -OCH3 is 1. The molecule has 3 N–H and O–H groups in total. The Kier molecular flexibility index (Phi) is 6.17. The van der Waals surface area contributed by atoms with Crippen LogP contribution in [0.3, 0.4) is 0 Å². The number of nitriles is 1. The van der Waals surface area contributed by atoms with E-state index in [9.17, 15) is 9.59 Å². The van der Waals surface area contributed by atoms with Crippen molar-refractivity contribution in [1.82, 2.24) is 0 Å². The Labute approximate surface area is 152 Å². The summed E-state index contributed by atoms with van der Waals surface area (Å²) in [4.78, 5) is 23.5. The Morgan fingerprint density at radius 3 is 2.54 bits per heavy atom. The number of rotatable bonds is 6. The highest BCUT2D eigenvalue weighted by molar-refractivity contribution is 5.96. The molecule has 7 nitrogen and oxygen atoms in total. The van der Waals surface area contributed by atoms with Crippen molar-refractivity contribution in [2.45, 2.75) is 19.9 Å². The zero-order valence-corrected chi connectivity index (χ0v) is 14.8.